The zero-order chi connectivity index (χ0) is 18.5. The van der Waals surface area contributed by atoms with Crippen LogP contribution in [0.25, 0.3) is 0 Å². The highest BCUT2D eigenvalue weighted by Crippen LogP contribution is 2.41. The topological polar surface area (TPSA) is 55.8 Å². The zero-order valence-corrected chi connectivity index (χ0v) is 15.5. The van der Waals surface area contributed by atoms with E-state index in [1.54, 1.807) is 6.07 Å². The molecule has 3 rings (SSSR count). The van der Waals surface area contributed by atoms with E-state index in [9.17, 15) is 9.90 Å². The summed E-state index contributed by atoms with van der Waals surface area (Å²) in [5.74, 6) is 1.31. The lowest BCUT2D eigenvalue weighted by Gasteiger charge is -2.23. The van der Waals surface area contributed by atoms with E-state index in [4.69, 9.17) is 9.47 Å². The minimum absolute atomic E-state index is 0.224. The van der Waals surface area contributed by atoms with Gasteiger partial charge in [0.05, 0.1) is 6.61 Å². The monoisotopic (exact) mass is 354 g/mol. The second-order valence-electron chi connectivity index (χ2n) is 6.83. The Bertz CT molecular complexity index is 782. The van der Waals surface area contributed by atoms with Crippen LogP contribution in [0.4, 0.5) is 0 Å². The van der Waals surface area contributed by atoms with E-state index in [1.807, 2.05) is 30.3 Å². The normalized spacial score (nSPS) is 13.3. The van der Waals surface area contributed by atoms with Crippen molar-refractivity contribution in [2.24, 2.45) is 5.92 Å². The molecule has 0 fully saturated rings. The summed E-state index contributed by atoms with van der Waals surface area (Å²) >= 11 is 0. The van der Waals surface area contributed by atoms with Crippen LogP contribution in [0, 0.1) is 5.92 Å². The van der Waals surface area contributed by atoms with Crippen molar-refractivity contribution in [2.45, 2.75) is 46.0 Å². The van der Waals surface area contributed by atoms with Gasteiger partial charge in [-0.15, -0.1) is 0 Å². The van der Waals surface area contributed by atoms with Crippen LogP contribution in [0.5, 0.6) is 17.2 Å². The summed E-state index contributed by atoms with van der Waals surface area (Å²) in [6.07, 6.45) is 5.01. The fourth-order valence-electron chi connectivity index (χ4n) is 3.40. The van der Waals surface area contributed by atoms with Gasteiger partial charge in [-0.05, 0) is 36.1 Å². The number of hydrogen-bond acceptors (Lipinski definition) is 3. The first-order valence-corrected chi connectivity index (χ1v) is 9.41. The summed E-state index contributed by atoms with van der Waals surface area (Å²) < 4.78 is 11.9. The summed E-state index contributed by atoms with van der Waals surface area (Å²) in [7, 11) is 0. The van der Waals surface area contributed by atoms with E-state index < -0.39 is 5.97 Å². The van der Waals surface area contributed by atoms with Gasteiger partial charge in [-0.3, -0.25) is 0 Å². The van der Waals surface area contributed by atoms with E-state index in [1.165, 1.54) is 6.42 Å². The highest BCUT2D eigenvalue weighted by molar-refractivity contribution is 5.94. The van der Waals surface area contributed by atoms with Crippen LogP contribution in [0.1, 0.15) is 61.0 Å². The number of carboxylic acid groups (broad SMARTS) is 1. The Hall–Kier alpha value is -2.49. The molecule has 1 aliphatic heterocycles. The molecule has 1 heterocycles. The maximum atomic E-state index is 12.0. The SMILES string of the molecule is CCCCC(CC)COc1ccc2c(c1C(=O)O)Cc1ccccc1O2. The van der Waals surface area contributed by atoms with E-state index in [0.29, 0.717) is 36.0 Å². The fraction of sp³-hybridized carbons (Fsp3) is 0.409. The van der Waals surface area contributed by atoms with E-state index >= 15 is 0 Å². The third-order valence-electron chi connectivity index (χ3n) is 5.02. The van der Waals surface area contributed by atoms with E-state index in [-0.39, 0.29) is 5.56 Å². The van der Waals surface area contributed by atoms with Crippen molar-refractivity contribution in [2.75, 3.05) is 6.61 Å². The number of rotatable bonds is 8. The molecule has 0 saturated carbocycles. The van der Waals surface area contributed by atoms with Crippen LogP contribution >= 0.6 is 0 Å². The molecule has 0 saturated heterocycles. The van der Waals surface area contributed by atoms with Crippen LogP contribution in [0.3, 0.4) is 0 Å². The van der Waals surface area contributed by atoms with Gasteiger partial charge >= 0.3 is 5.97 Å². The third kappa shape index (κ3) is 3.85. The summed E-state index contributed by atoms with van der Waals surface area (Å²) in [6.45, 7) is 4.88. The molecule has 1 aliphatic rings. The molecule has 0 radical (unpaired) electrons. The molecule has 2 aromatic rings. The zero-order valence-electron chi connectivity index (χ0n) is 15.5. The molecule has 4 heteroatoms. The summed E-state index contributed by atoms with van der Waals surface area (Å²) in [5.41, 5.74) is 1.91. The molecule has 138 valence electrons. The molecule has 4 nitrogen and oxygen atoms in total. The molecule has 0 amide bonds. The molecular weight excluding hydrogens is 328 g/mol. The van der Waals surface area contributed by atoms with Crippen LogP contribution in [-0.2, 0) is 6.42 Å². The van der Waals surface area contributed by atoms with E-state index in [2.05, 4.69) is 13.8 Å². The smallest absolute Gasteiger partial charge is 0.339 e. The second kappa shape index (κ2) is 8.26. The maximum Gasteiger partial charge on any atom is 0.339 e. The van der Waals surface area contributed by atoms with E-state index in [0.717, 1.165) is 30.6 Å². The first kappa shape index (κ1) is 18.3. The van der Waals surface area contributed by atoms with Gasteiger partial charge in [-0.1, -0.05) is 51.3 Å². The van der Waals surface area contributed by atoms with Crippen LogP contribution in [-0.4, -0.2) is 17.7 Å². The molecule has 1 N–H and O–H groups in total. The second-order valence-corrected chi connectivity index (χ2v) is 6.83. The minimum atomic E-state index is -0.971. The summed E-state index contributed by atoms with van der Waals surface area (Å²) in [5, 5.41) is 9.80. The number of carboxylic acids is 1. The lowest BCUT2D eigenvalue weighted by Crippen LogP contribution is -2.16. The minimum Gasteiger partial charge on any atom is -0.492 e. The molecule has 0 aromatic heterocycles. The van der Waals surface area contributed by atoms with Gasteiger partial charge in [0.15, 0.2) is 0 Å². The number of ether oxygens (including phenoxy) is 2. The Morgan fingerprint density at radius 3 is 2.73 bits per heavy atom. The van der Waals surface area contributed by atoms with Gasteiger partial charge < -0.3 is 14.6 Å². The van der Waals surface area contributed by atoms with Crippen molar-refractivity contribution in [1.29, 1.82) is 0 Å². The van der Waals surface area contributed by atoms with Crippen LogP contribution in [0.15, 0.2) is 36.4 Å². The Kier molecular flexibility index (Phi) is 5.82. The Morgan fingerprint density at radius 2 is 2.00 bits per heavy atom. The largest absolute Gasteiger partial charge is 0.492 e. The lowest BCUT2D eigenvalue weighted by molar-refractivity contribution is 0.0689. The van der Waals surface area contributed by atoms with Gasteiger partial charge in [0, 0.05) is 12.0 Å². The molecule has 1 unspecified atom stereocenters. The van der Waals surface area contributed by atoms with Gasteiger partial charge in [-0.25, -0.2) is 4.79 Å². The summed E-state index contributed by atoms with van der Waals surface area (Å²) in [4.78, 5) is 12.0. The Balaban J connectivity index is 1.85. The van der Waals surface area contributed by atoms with Gasteiger partial charge in [0.2, 0.25) is 0 Å². The highest BCUT2D eigenvalue weighted by Gasteiger charge is 2.26. The first-order chi connectivity index (χ1) is 12.6. The van der Waals surface area contributed by atoms with Crippen LogP contribution in [0.2, 0.25) is 0 Å². The van der Waals surface area contributed by atoms with Crippen molar-refractivity contribution >= 4 is 5.97 Å². The van der Waals surface area contributed by atoms with Gasteiger partial charge in [-0.2, -0.15) is 0 Å². The molecule has 26 heavy (non-hydrogen) atoms. The first-order valence-electron chi connectivity index (χ1n) is 9.41. The lowest BCUT2D eigenvalue weighted by atomic mass is 9.95. The van der Waals surface area contributed by atoms with Crippen molar-refractivity contribution in [1.82, 2.24) is 0 Å². The quantitative estimate of drug-likeness (QED) is 0.566. The number of benzene rings is 2. The molecular formula is C22H26O4. The molecule has 1 atom stereocenters. The molecule has 0 spiro atoms. The highest BCUT2D eigenvalue weighted by atomic mass is 16.5. The fourth-order valence-corrected chi connectivity index (χ4v) is 3.40. The summed E-state index contributed by atoms with van der Waals surface area (Å²) in [6, 6.07) is 11.3. The van der Waals surface area contributed by atoms with Crippen molar-refractivity contribution in [3.05, 3.63) is 53.1 Å². The Morgan fingerprint density at radius 1 is 1.19 bits per heavy atom. The Labute approximate surface area is 154 Å². The number of para-hydroxylation sites is 1. The average molecular weight is 354 g/mol. The van der Waals surface area contributed by atoms with Crippen molar-refractivity contribution in [3.8, 4) is 17.2 Å². The predicted octanol–water partition coefficient (Wildman–Crippen LogP) is 5.68. The molecule has 2 aromatic carbocycles. The molecule has 0 aliphatic carbocycles. The maximum absolute atomic E-state index is 12.0. The standard InChI is InChI=1S/C22H26O4/c1-3-5-8-15(4-2)14-25-20-12-11-19-17(21(20)22(23)24)13-16-9-6-7-10-18(16)26-19/h6-7,9-12,15H,3-5,8,13-14H2,1-2H3,(H,23,24). The molecule has 0 bridgehead atoms. The third-order valence-corrected chi connectivity index (χ3v) is 5.02. The van der Waals surface area contributed by atoms with Crippen molar-refractivity contribution < 1.29 is 19.4 Å². The predicted molar refractivity (Wildman–Crippen MR) is 102 cm³/mol. The number of hydrogen-bond donors (Lipinski definition) is 1. The average Bonchev–Trinajstić information content (AvgIpc) is 2.65. The van der Waals surface area contributed by atoms with Gasteiger partial charge in [0.25, 0.3) is 0 Å². The van der Waals surface area contributed by atoms with Crippen molar-refractivity contribution in [3.63, 3.8) is 0 Å². The number of unbranched alkanes of at least 4 members (excludes halogenated alkanes) is 1. The number of carbonyl (C=O) groups is 1. The number of fused-ring (bicyclic) bond motifs is 2. The number of aromatic carboxylic acids is 1. The van der Waals surface area contributed by atoms with Crippen LogP contribution < -0.4 is 9.47 Å². The van der Waals surface area contributed by atoms with Gasteiger partial charge in [0.1, 0.15) is 22.8 Å².